The molecule has 0 atom stereocenters. The Morgan fingerprint density at radius 1 is 1.21 bits per heavy atom. The van der Waals surface area contributed by atoms with Crippen molar-refractivity contribution in [3.8, 4) is 0 Å². The Morgan fingerprint density at radius 2 is 2.00 bits per heavy atom. The summed E-state index contributed by atoms with van der Waals surface area (Å²) >= 11 is 0. The summed E-state index contributed by atoms with van der Waals surface area (Å²) in [6, 6.07) is 9.52. The number of anilines is 1. The van der Waals surface area contributed by atoms with Gasteiger partial charge in [-0.15, -0.1) is 0 Å². The molecule has 1 aliphatic rings. The van der Waals surface area contributed by atoms with E-state index >= 15 is 0 Å². The van der Waals surface area contributed by atoms with Gasteiger partial charge >= 0.3 is 0 Å². The van der Waals surface area contributed by atoms with Crippen LogP contribution in [0.15, 0.2) is 42.9 Å². The number of hydrogen-bond acceptors (Lipinski definition) is 4. The quantitative estimate of drug-likeness (QED) is 0.700. The van der Waals surface area contributed by atoms with Crippen LogP contribution in [-0.2, 0) is 17.9 Å². The molecule has 7 heteroatoms. The molecule has 3 heterocycles. The van der Waals surface area contributed by atoms with Crippen LogP contribution in [0.4, 0.5) is 5.69 Å². The number of carbonyl (C=O) groups excluding carboxylic acids is 2. The number of amides is 2. The van der Waals surface area contributed by atoms with Gasteiger partial charge in [-0.1, -0.05) is 26.0 Å². The van der Waals surface area contributed by atoms with Gasteiger partial charge in [0.1, 0.15) is 5.52 Å². The van der Waals surface area contributed by atoms with Crippen molar-refractivity contribution in [3.63, 3.8) is 0 Å². The first-order valence-corrected chi connectivity index (χ1v) is 9.99. The minimum atomic E-state index is -0.184. The predicted octanol–water partition coefficient (Wildman–Crippen LogP) is 3.14. The summed E-state index contributed by atoms with van der Waals surface area (Å²) in [6.45, 7) is 6.31. The summed E-state index contributed by atoms with van der Waals surface area (Å²) in [5, 5.41) is 2.92. The Hall–Kier alpha value is -3.22. The Bertz CT molecular complexity index is 1040. The van der Waals surface area contributed by atoms with E-state index in [1.165, 1.54) is 0 Å². The van der Waals surface area contributed by atoms with Crippen LogP contribution in [0.2, 0.25) is 0 Å². The van der Waals surface area contributed by atoms with Crippen molar-refractivity contribution in [1.82, 2.24) is 19.9 Å². The standard InChI is InChI=1S/C22H25N5O2/c1-15(2)13-26-14-25-19-10-17(12-23-21(19)26)22(29)24-11-16-5-7-18(8-6-16)27-9-3-4-20(27)28/h5-8,10,12,14-15H,3-4,9,11,13H2,1-2H3,(H,24,29). The molecule has 1 aliphatic heterocycles. The van der Waals surface area contributed by atoms with Crippen LogP contribution in [-0.4, -0.2) is 32.9 Å². The van der Waals surface area contributed by atoms with Crippen LogP contribution >= 0.6 is 0 Å². The molecule has 0 aliphatic carbocycles. The average Bonchev–Trinajstić information content (AvgIpc) is 3.32. The van der Waals surface area contributed by atoms with Crippen molar-refractivity contribution in [1.29, 1.82) is 0 Å². The smallest absolute Gasteiger partial charge is 0.253 e. The molecule has 0 saturated carbocycles. The van der Waals surface area contributed by atoms with Crippen LogP contribution in [0.25, 0.3) is 11.2 Å². The van der Waals surface area contributed by atoms with Gasteiger partial charge in [-0.3, -0.25) is 9.59 Å². The number of imidazole rings is 1. The van der Waals surface area contributed by atoms with E-state index in [-0.39, 0.29) is 11.8 Å². The molecule has 1 N–H and O–H groups in total. The molecular weight excluding hydrogens is 366 g/mol. The summed E-state index contributed by atoms with van der Waals surface area (Å²) in [7, 11) is 0. The molecule has 1 saturated heterocycles. The maximum Gasteiger partial charge on any atom is 0.253 e. The minimum absolute atomic E-state index is 0.171. The summed E-state index contributed by atoms with van der Waals surface area (Å²) < 4.78 is 2.01. The Kier molecular flexibility index (Phi) is 5.29. The van der Waals surface area contributed by atoms with Gasteiger partial charge in [0.15, 0.2) is 5.65 Å². The maximum absolute atomic E-state index is 12.5. The topological polar surface area (TPSA) is 80.1 Å². The number of carbonyl (C=O) groups is 2. The summed E-state index contributed by atoms with van der Waals surface area (Å²) in [6.07, 6.45) is 4.89. The van der Waals surface area contributed by atoms with Gasteiger partial charge in [0.2, 0.25) is 5.91 Å². The molecule has 0 spiro atoms. The number of hydrogen-bond donors (Lipinski definition) is 1. The fourth-order valence-electron chi connectivity index (χ4n) is 3.60. The third kappa shape index (κ3) is 4.13. The molecule has 7 nitrogen and oxygen atoms in total. The molecule has 0 bridgehead atoms. The molecule has 0 radical (unpaired) electrons. The van der Waals surface area contributed by atoms with Gasteiger partial charge < -0.3 is 14.8 Å². The van der Waals surface area contributed by atoms with Crippen LogP contribution in [0.5, 0.6) is 0 Å². The van der Waals surface area contributed by atoms with Gasteiger partial charge in [-0.2, -0.15) is 0 Å². The zero-order valence-electron chi connectivity index (χ0n) is 16.8. The molecule has 4 rings (SSSR count). The third-order valence-corrected chi connectivity index (χ3v) is 5.05. The molecule has 29 heavy (non-hydrogen) atoms. The molecule has 150 valence electrons. The van der Waals surface area contributed by atoms with E-state index < -0.39 is 0 Å². The number of nitrogens with zero attached hydrogens (tertiary/aromatic N) is 4. The number of aromatic nitrogens is 3. The summed E-state index contributed by atoms with van der Waals surface area (Å²) in [4.78, 5) is 35.0. The van der Waals surface area contributed by atoms with Gasteiger partial charge in [0.05, 0.1) is 11.9 Å². The largest absolute Gasteiger partial charge is 0.348 e. The highest BCUT2D eigenvalue weighted by Gasteiger charge is 2.21. The lowest BCUT2D eigenvalue weighted by atomic mass is 10.2. The van der Waals surface area contributed by atoms with Crippen LogP contribution < -0.4 is 10.2 Å². The van der Waals surface area contributed by atoms with Crippen molar-refractivity contribution >= 4 is 28.7 Å². The summed E-state index contributed by atoms with van der Waals surface area (Å²) in [5.74, 6) is 0.480. The van der Waals surface area contributed by atoms with E-state index in [2.05, 4.69) is 29.1 Å². The van der Waals surface area contributed by atoms with E-state index in [1.54, 1.807) is 18.6 Å². The molecule has 2 amide bonds. The van der Waals surface area contributed by atoms with E-state index in [0.717, 1.165) is 41.9 Å². The number of benzene rings is 1. The van der Waals surface area contributed by atoms with E-state index in [0.29, 0.717) is 24.4 Å². The van der Waals surface area contributed by atoms with Crippen LogP contribution in [0, 0.1) is 5.92 Å². The lowest BCUT2D eigenvalue weighted by Crippen LogP contribution is -2.24. The number of rotatable bonds is 6. The third-order valence-electron chi connectivity index (χ3n) is 5.05. The highest BCUT2D eigenvalue weighted by molar-refractivity contribution is 5.96. The molecule has 2 aromatic heterocycles. The highest BCUT2D eigenvalue weighted by Crippen LogP contribution is 2.21. The second-order valence-electron chi connectivity index (χ2n) is 7.86. The number of pyridine rings is 1. The highest BCUT2D eigenvalue weighted by atomic mass is 16.2. The zero-order chi connectivity index (χ0) is 20.4. The average molecular weight is 391 g/mol. The SMILES string of the molecule is CC(C)Cn1cnc2cc(C(=O)NCc3ccc(N4CCCC4=O)cc3)cnc21. The van der Waals surface area contributed by atoms with Crippen molar-refractivity contribution in [3.05, 3.63) is 54.0 Å². The molecule has 3 aromatic rings. The van der Waals surface area contributed by atoms with Gasteiger partial charge in [0, 0.05) is 37.9 Å². The second-order valence-corrected chi connectivity index (χ2v) is 7.86. The van der Waals surface area contributed by atoms with Crippen molar-refractivity contribution in [2.24, 2.45) is 5.92 Å². The zero-order valence-corrected chi connectivity index (χ0v) is 16.8. The van der Waals surface area contributed by atoms with Crippen molar-refractivity contribution in [2.75, 3.05) is 11.4 Å². The van der Waals surface area contributed by atoms with Crippen molar-refractivity contribution in [2.45, 2.75) is 39.8 Å². The first-order chi connectivity index (χ1) is 14.0. The first kappa shape index (κ1) is 19.1. The van der Waals surface area contributed by atoms with Crippen LogP contribution in [0.3, 0.4) is 0 Å². The summed E-state index contributed by atoms with van der Waals surface area (Å²) in [5.41, 5.74) is 3.89. The van der Waals surface area contributed by atoms with E-state index in [1.807, 2.05) is 33.7 Å². The normalized spacial score (nSPS) is 14.2. The molecule has 1 aromatic carbocycles. The van der Waals surface area contributed by atoms with Gasteiger partial charge in [0.25, 0.3) is 5.91 Å². The Balaban J connectivity index is 1.40. The van der Waals surface area contributed by atoms with Crippen molar-refractivity contribution < 1.29 is 9.59 Å². The van der Waals surface area contributed by atoms with Gasteiger partial charge in [-0.05, 0) is 36.1 Å². The van der Waals surface area contributed by atoms with Crippen LogP contribution in [0.1, 0.15) is 42.6 Å². The Labute approximate surface area is 169 Å². The number of fused-ring (bicyclic) bond motifs is 1. The van der Waals surface area contributed by atoms with E-state index in [4.69, 9.17) is 0 Å². The maximum atomic E-state index is 12.5. The Morgan fingerprint density at radius 3 is 2.69 bits per heavy atom. The lowest BCUT2D eigenvalue weighted by Gasteiger charge is -2.16. The molecular formula is C22H25N5O2. The minimum Gasteiger partial charge on any atom is -0.348 e. The fourth-order valence-corrected chi connectivity index (χ4v) is 3.60. The van der Waals surface area contributed by atoms with E-state index in [9.17, 15) is 9.59 Å². The fraction of sp³-hybridized carbons (Fsp3) is 0.364. The monoisotopic (exact) mass is 391 g/mol. The first-order valence-electron chi connectivity index (χ1n) is 9.99. The second kappa shape index (κ2) is 8.03. The van der Waals surface area contributed by atoms with Gasteiger partial charge in [-0.25, -0.2) is 9.97 Å². The molecule has 0 unspecified atom stereocenters. The number of nitrogens with one attached hydrogen (secondary N) is 1. The molecule has 1 fully saturated rings. The predicted molar refractivity (Wildman–Crippen MR) is 112 cm³/mol. The lowest BCUT2D eigenvalue weighted by molar-refractivity contribution is -0.117.